The molecule has 1 aromatic carbocycles. The van der Waals surface area contributed by atoms with Gasteiger partial charge in [0.1, 0.15) is 6.04 Å². The van der Waals surface area contributed by atoms with Crippen molar-refractivity contribution in [2.45, 2.75) is 13.0 Å². The molecule has 0 fully saturated rings. The monoisotopic (exact) mass is 352 g/mol. The lowest BCUT2D eigenvalue weighted by molar-refractivity contribution is -0.118. The number of aromatic nitrogens is 2. The molecule has 7 nitrogen and oxygen atoms in total. The number of hydrogen-bond donors (Lipinski definition) is 2. The number of nitrogens with zero attached hydrogens (tertiary/aromatic N) is 2. The Morgan fingerprint density at radius 2 is 2.04 bits per heavy atom. The number of amides is 1. The molecular formula is C16H21ClN4O3. The van der Waals surface area contributed by atoms with Crippen LogP contribution in [0, 0.1) is 6.92 Å². The molecule has 1 heterocycles. The van der Waals surface area contributed by atoms with Crippen LogP contribution >= 0.6 is 12.4 Å². The lowest BCUT2D eigenvalue weighted by Crippen LogP contribution is -2.30. The zero-order valence-electron chi connectivity index (χ0n) is 14.0. The molecule has 2 rings (SSSR count). The first-order valence-electron chi connectivity index (χ1n) is 7.12. The molecule has 1 unspecified atom stereocenters. The highest BCUT2D eigenvalue weighted by Gasteiger charge is 2.20. The zero-order chi connectivity index (χ0) is 17.0. The van der Waals surface area contributed by atoms with Gasteiger partial charge in [0.25, 0.3) is 0 Å². The predicted octanol–water partition coefficient (Wildman–Crippen LogP) is 1.84. The predicted molar refractivity (Wildman–Crippen MR) is 93.4 cm³/mol. The quantitative estimate of drug-likeness (QED) is 0.802. The van der Waals surface area contributed by atoms with Gasteiger partial charge in [0, 0.05) is 24.5 Å². The summed E-state index contributed by atoms with van der Waals surface area (Å²) in [7, 11) is 4.84. The third-order valence-corrected chi connectivity index (χ3v) is 3.51. The second-order valence-electron chi connectivity index (χ2n) is 5.18. The van der Waals surface area contributed by atoms with Gasteiger partial charge in [0.15, 0.2) is 0 Å². The van der Waals surface area contributed by atoms with Crippen molar-refractivity contribution < 1.29 is 14.3 Å². The van der Waals surface area contributed by atoms with E-state index in [1.165, 1.54) is 7.11 Å². The molecule has 1 amide bonds. The van der Waals surface area contributed by atoms with Crippen molar-refractivity contribution in [3.8, 4) is 0 Å². The molecule has 0 bridgehead atoms. The van der Waals surface area contributed by atoms with Gasteiger partial charge in [-0.25, -0.2) is 4.79 Å². The van der Waals surface area contributed by atoms with Gasteiger partial charge >= 0.3 is 5.97 Å². The maximum absolute atomic E-state index is 12.4. The van der Waals surface area contributed by atoms with Crippen LogP contribution in [0.2, 0.25) is 0 Å². The summed E-state index contributed by atoms with van der Waals surface area (Å²) in [6.45, 7) is 1.79. The minimum atomic E-state index is -0.510. The van der Waals surface area contributed by atoms with E-state index in [0.29, 0.717) is 11.3 Å². The van der Waals surface area contributed by atoms with Gasteiger partial charge in [-0.2, -0.15) is 5.10 Å². The summed E-state index contributed by atoms with van der Waals surface area (Å²) in [6.07, 6.45) is 3.43. The first-order valence-corrected chi connectivity index (χ1v) is 7.12. The fourth-order valence-corrected chi connectivity index (χ4v) is 2.33. The van der Waals surface area contributed by atoms with Crippen molar-refractivity contribution in [2.24, 2.45) is 7.05 Å². The van der Waals surface area contributed by atoms with Gasteiger partial charge in [-0.3, -0.25) is 9.48 Å². The lowest BCUT2D eigenvalue weighted by Gasteiger charge is -2.15. The smallest absolute Gasteiger partial charge is 0.338 e. The topological polar surface area (TPSA) is 85.2 Å². The fraction of sp³-hybridized carbons (Fsp3) is 0.312. The van der Waals surface area contributed by atoms with Crippen LogP contribution in [-0.2, 0) is 16.6 Å². The third-order valence-electron chi connectivity index (χ3n) is 3.51. The Morgan fingerprint density at radius 1 is 1.33 bits per heavy atom. The highest BCUT2D eigenvalue weighted by Crippen LogP contribution is 2.19. The van der Waals surface area contributed by atoms with E-state index in [9.17, 15) is 9.59 Å². The minimum Gasteiger partial charge on any atom is -0.465 e. The highest BCUT2D eigenvalue weighted by molar-refractivity contribution is 5.97. The van der Waals surface area contributed by atoms with Gasteiger partial charge in [0.05, 0.1) is 18.9 Å². The number of ether oxygens (including phenoxy) is 1. The summed E-state index contributed by atoms with van der Waals surface area (Å²) in [5.41, 5.74) is 2.60. The van der Waals surface area contributed by atoms with Crippen molar-refractivity contribution in [2.75, 3.05) is 19.5 Å². The van der Waals surface area contributed by atoms with Crippen LogP contribution in [0.1, 0.15) is 27.5 Å². The summed E-state index contributed by atoms with van der Waals surface area (Å²) in [4.78, 5) is 24.0. The van der Waals surface area contributed by atoms with E-state index in [1.807, 2.05) is 0 Å². The molecule has 24 heavy (non-hydrogen) atoms. The molecule has 0 radical (unpaired) electrons. The van der Waals surface area contributed by atoms with Gasteiger partial charge < -0.3 is 15.4 Å². The summed E-state index contributed by atoms with van der Waals surface area (Å²) in [6, 6.07) is 4.53. The number of esters is 1. The Bertz CT molecular complexity index is 730. The number of likely N-dealkylation sites (N-methyl/N-ethyl adjacent to an activating group) is 1. The molecule has 8 heteroatoms. The van der Waals surface area contributed by atoms with E-state index in [0.717, 1.165) is 11.1 Å². The molecule has 0 saturated carbocycles. The molecule has 0 saturated heterocycles. The number of methoxy groups -OCH3 is 1. The Labute approximate surface area is 146 Å². The van der Waals surface area contributed by atoms with Crippen LogP contribution in [0.15, 0.2) is 30.6 Å². The number of anilines is 1. The summed E-state index contributed by atoms with van der Waals surface area (Å²) < 4.78 is 6.35. The lowest BCUT2D eigenvalue weighted by atomic mass is 10.1. The van der Waals surface area contributed by atoms with Crippen LogP contribution in [0.25, 0.3) is 0 Å². The van der Waals surface area contributed by atoms with Crippen molar-refractivity contribution in [1.82, 2.24) is 15.1 Å². The number of carbonyl (C=O) groups is 2. The van der Waals surface area contributed by atoms with Crippen LogP contribution in [0.3, 0.4) is 0 Å². The number of benzene rings is 1. The molecule has 0 aliphatic rings. The number of halogens is 1. The Morgan fingerprint density at radius 3 is 2.54 bits per heavy atom. The van der Waals surface area contributed by atoms with E-state index in [4.69, 9.17) is 4.74 Å². The van der Waals surface area contributed by atoms with E-state index in [-0.39, 0.29) is 18.3 Å². The van der Waals surface area contributed by atoms with Crippen molar-refractivity contribution in [1.29, 1.82) is 0 Å². The second kappa shape index (κ2) is 8.47. The standard InChI is InChI=1S/C16H20N4O3.ClH/c1-10-7-12(5-6-13(10)16(22)23-4)19-15(21)14(17-2)11-8-18-20(3)9-11;/h5-9,14,17H,1-4H3,(H,19,21);1H. The highest BCUT2D eigenvalue weighted by atomic mass is 35.5. The maximum Gasteiger partial charge on any atom is 0.338 e. The molecule has 130 valence electrons. The normalized spacial score (nSPS) is 11.3. The number of aryl methyl sites for hydroxylation is 2. The molecule has 2 aromatic rings. The van der Waals surface area contributed by atoms with E-state index >= 15 is 0 Å². The molecule has 1 aromatic heterocycles. The first-order chi connectivity index (χ1) is 11.0. The minimum absolute atomic E-state index is 0. The summed E-state index contributed by atoms with van der Waals surface area (Å²) in [5, 5.41) is 9.88. The summed E-state index contributed by atoms with van der Waals surface area (Å²) >= 11 is 0. The largest absolute Gasteiger partial charge is 0.465 e. The van der Waals surface area contributed by atoms with E-state index in [2.05, 4.69) is 15.7 Å². The molecule has 1 atom stereocenters. The fourth-order valence-electron chi connectivity index (χ4n) is 2.33. The van der Waals surface area contributed by atoms with E-state index < -0.39 is 12.0 Å². The molecular weight excluding hydrogens is 332 g/mol. The van der Waals surface area contributed by atoms with Crippen LogP contribution in [-0.4, -0.2) is 35.8 Å². The van der Waals surface area contributed by atoms with Crippen LogP contribution in [0.5, 0.6) is 0 Å². The van der Waals surface area contributed by atoms with Gasteiger partial charge in [-0.1, -0.05) is 0 Å². The Hall–Kier alpha value is -2.38. The number of carbonyl (C=O) groups excluding carboxylic acids is 2. The average molecular weight is 353 g/mol. The third kappa shape index (κ3) is 4.33. The first kappa shape index (κ1) is 19.7. The maximum atomic E-state index is 12.4. The molecule has 0 spiro atoms. The number of hydrogen-bond acceptors (Lipinski definition) is 5. The number of rotatable bonds is 5. The van der Waals surface area contributed by atoms with Crippen molar-refractivity contribution in [3.05, 3.63) is 47.3 Å². The van der Waals surface area contributed by atoms with Gasteiger partial charge in [-0.05, 0) is 37.7 Å². The molecule has 0 aliphatic carbocycles. The Balaban J connectivity index is 0.00000288. The van der Waals surface area contributed by atoms with Crippen LogP contribution < -0.4 is 10.6 Å². The average Bonchev–Trinajstić information content (AvgIpc) is 2.93. The van der Waals surface area contributed by atoms with Crippen molar-refractivity contribution >= 4 is 30.0 Å². The SMILES string of the molecule is CNC(C(=O)Nc1ccc(C(=O)OC)c(C)c1)c1cnn(C)c1.Cl. The second-order valence-corrected chi connectivity index (χ2v) is 5.18. The Kier molecular flexibility index (Phi) is 6.94. The van der Waals surface area contributed by atoms with E-state index in [1.54, 1.807) is 56.3 Å². The molecule has 2 N–H and O–H groups in total. The molecule has 0 aliphatic heterocycles. The number of nitrogens with one attached hydrogen (secondary N) is 2. The van der Waals surface area contributed by atoms with Gasteiger partial charge in [-0.15, -0.1) is 12.4 Å². The summed E-state index contributed by atoms with van der Waals surface area (Å²) in [5.74, 6) is -0.602. The van der Waals surface area contributed by atoms with Crippen LogP contribution in [0.4, 0.5) is 5.69 Å². The van der Waals surface area contributed by atoms with Gasteiger partial charge in [0.2, 0.25) is 5.91 Å². The zero-order valence-corrected chi connectivity index (χ0v) is 14.8. The van der Waals surface area contributed by atoms with Crippen molar-refractivity contribution in [3.63, 3.8) is 0 Å².